The molecule has 4 heteroatoms. The molecule has 0 aliphatic carbocycles. The van der Waals surface area contributed by atoms with Gasteiger partial charge in [0.05, 0.1) is 0 Å². The van der Waals surface area contributed by atoms with E-state index in [-0.39, 0.29) is 5.96 Å². The SMILES string of the molecule is CCC[C@H](CCCN=C(N)N)N(C)C(C)C. The van der Waals surface area contributed by atoms with Crippen LogP contribution in [-0.2, 0) is 0 Å². The van der Waals surface area contributed by atoms with Crippen LogP contribution in [0.5, 0.6) is 0 Å². The van der Waals surface area contributed by atoms with Gasteiger partial charge in [-0.25, -0.2) is 0 Å². The zero-order valence-corrected chi connectivity index (χ0v) is 11.2. The van der Waals surface area contributed by atoms with Crippen molar-refractivity contribution in [2.75, 3.05) is 13.6 Å². The third-order valence-corrected chi connectivity index (χ3v) is 3.00. The van der Waals surface area contributed by atoms with E-state index in [9.17, 15) is 0 Å². The van der Waals surface area contributed by atoms with Crippen LogP contribution in [0.4, 0.5) is 0 Å². The summed E-state index contributed by atoms with van der Waals surface area (Å²) in [5.74, 6) is 0.198. The molecule has 0 unspecified atom stereocenters. The van der Waals surface area contributed by atoms with Crippen molar-refractivity contribution in [3.05, 3.63) is 0 Å². The average Bonchev–Trinajstić information content (AvgIpc) is 2.21. The first kappa shape index (κ1) is 15.2. The van der Waals surface area contributed by atoms with Crippen LogP contribution in [0.25, 0.3) is 0 Å². The van der Waals surface area contributed by atoms with Gasteiger partial charge in [-0.15, -0.1) is 0 Å². The third-order valence-electron chi connectivity index (χ3n) is 3.00. The molecule has 0 amide bonds. The highest BCUT2D eigenvalue weighted by Gasteiger charge is 2.15. The van der Waals surface area contributed by atoms with Gasteiger partial charge in [0.25, 0.3) is 0 Å². The average molecular weight is 228 g/mol. The quantitative estimate of drug-likeness (QED) is 0.376. The summed E-state index contributed by atoms with van der Waals surface area (Å²) in [4.78, 5) is 6.46. The molecule has 96 valence electrons. The maximum atomic E-state index is 5.29. The zero-order chi connectivity index (χ0) is 12.6. The Morgan fingerprint density at radius 1 is 1.25 bits per heavy atom. The fraction of sp³-hybridized carbons (Fsp3) is 0.917. The van der Waals surface area contributed by atoms with Crippen LogP contribution in [-0.4, -0.2) is 36.5 Å². The summed E-state index contributed by atoms with van der Waals surface area (Å²) in [5, 5.41) is 0. The Morgan fingerprint density at radius 3 is 2.31 bits per heavy atom. The summed E-state index contributed by atoms with van der Waals surface area (Å²) >= 11 is 0. The van der Waals surface area contributed by atoms with Crippen molar-refractivity contribution in [2.24, 2.45) is 16.5 Å². The molecular formula is C12H28N4. The molecule has 0 spiro atoms. The van der Waals surface area contributed by atoms with E-state index in [1.807, 2.05) is 0 Å². The van der Waals surface area contributed by atoms with Gasteiger partial charge in [-0.2, -0.15) is 0 Å². The molecule has 0 aromatic heterocycles. The van der Waals surface area contributed by atoms with E-state index in [2.05, 4.69) is 37.7 Å². The first-order chi connectivity index (χ1) is 7.49. The summed E-state index contributed by atoms with van der Waals surface area (Å²) in [6, 6.07) is 1.25. The summed E-state index contributed by atoms with van der Waals surface area (Å²) in [5.41, 5.74) is 10.6. The first-order valence-corrected chi connectivity index (χ1v) is 6.26. The summed E-state index contributed by atoms with van der Waals surface area (Å²) < 4.78 is 0. The lowest BCUT2D eigenvalue weighted by Gasteiger charge is -2.31. The van der Waals surface area contributed by atoms with Crippen molar-refractivity contribution >= 4 is 5.96 Å². The molecule has 0 saturated carbocycles. The number of hydrogen-bond acceptors (Lipinski definition) is 2. The van der Waals surface area contributed by atoms with Gasteiger partial charge in [-0.05, 0) is 40.2 Å². The number of aliphatic imine (C=N–C) groups is 1. The molecule has 0 aromatic rings. The van der Waals surface area contributed by atoms with Gasteiger partial charge >= 0.3 is 0 Å². The predicted octanol–water partition coefficient (Wildman–Crippen LogP) is 1.55. The van der Waals surface area contributed by atoms with Crippen LogP contribution in [0.15, 0.2) is 4.99 Å². The zero-order valence-electron chi connectivity index (χ0n) is 11.2. The Hall–Kier alpha value is -0.770. The Kier molecular flexibility index (Phi) is 7.99. The first-order valence-electron chi connectivity index (χ1n) is 6.26. The van der Waals surface area contributed by atoms with Crippen LogP contribution >= 0.6 is 0 Å². The molecule has 0 aliphatic rings. The minimum atomic E-state index is 0.198. The topological polar surface area (TPSA) is 67.6 Å². The van der Waals surface area contributed by atoms with E-state index < -0.39 is 0 Å². The maximum Gasteiger partial charge on any atom is 0.185 e. The molecule has 4 nitrogen and oxygen atoms in total. The highest BCUT2D eigenvalue weighted by atomic mass is 15.1. The number of nitrogens with zero attached hydrogens (tertiary/aromatic N) is 2. The lowest BCUT2D eigenvalue weighted by atomic mass is 10.0. The maximum absolute atomic E-state index is 5.29. The van der Waals surface area contributed by atoms with Gasteiger partial charge in [0, 0.05) is 18.6 Å². The second-order valence-electron chi connectivity index (χ2n) is 4.65. The Labute approximate surface area is 100 Å². The van der Waals surface area contributed by atoms with E-state index in [1.165, 1.54) is 19.3 Å². The Bertz CT molecular complexity index is 197. The van der Waals surface area contributed by atoms with Crippen molar-refractivity contribution in [1.29, 1.82) is 0 Å². The summed E-state index contributed by atoms with van der Waals surface area (Å²) in [6.45, 7) is 7.45. The lowest BCUT2D eigenvalue weighted by Crippen LogP contribution is -2.37. The normalized spacial score (nSPS) is 13.1. The minimum absolute atomic E-state index is 0.198. The fourth-order valence-electron chi connectivity index (χ4n) is 1.84. The molecule has 0 aliphatic heterocycles. The van der Waals surface area contributed by atoms with Gasteiger partial charge in [-0.1, -0.05) is 13.3 Å². The largest absolute Gasteiger partial charge is 0.370 e. The molecule has 1 atom stereocenters. The summed E-state index contributed by atoms with van der Waals surface area (Å²) in [7, 11) is 2.20. The standard InChI is InChI=1S/C12H28N4/c1-5-7-11(16(4)10(2)3)8-6-9-15-12(13)14/h10-11H,5-9H2,1-4H3,(H4,13,14,15)/t11-/m1/s1. The number of rotatable bonds is 8. The molecule has 0 saturated heterocycles. The fourth-order valence-corrected chi connectivity index (χ4v) is 1.84. The highest BCUT2D eigenvalue weighted by Crippen LogP contribution is 2.14. The summed E-state index contributed by atoms with van der Waals surface area (Å²) in [6.07, 6.45) is 4.69. The molecule has 0 fully saturated rings. The van der Waals surface area contributed by atoms with Crippen molar-refractivity contribution in [1.82, 2.24) is 4.90 Å². The third kappa shape index (κ3) is 6.67. The van der Waals surface area contributed by atoms with Crippen molar-refractivity contribution in [2.45, 2.75) is 58.5 Å². The van der Waals surface area contributed by atoms with Crippen molar-refractivity contribution in [3.63, 3.8) is 0 Å². The number of hydrogen-bond donors (Lipinski definition) is 2. The molecule has 0 aromatic carbocycles. The monoisotopic (exact) mass is 228 g/mol. The molecule has 0 heterocycles. The second-order valence-corrected chi connectivity index (χ2v) is 4.65. The van der Waals surface area contributed by atoms with Crippen molar-refractivity contribution < 1.29 is 0 Å². The Balaban J connectivity index is 3.98. The second kappa shape index (κ2) is 8.39. The molecule has 16 heavy (non-hydrogen) atoms. The van der Waals surface area contributed by atoms with Gasteiger partial charge < -0.3 is 16.4 Å². The van der Waals surface area contributed by atoms with Gasteiger partial charge in [-0.3, -0.25) is 4.99 Å². The van der Waals surface area contributed by atoms with Crippen LogP contribution in [0.1, 0.15) is 46.5 Å². The predicted molar refractivity (Wildman–Crippen MR) is 71.5 cm³/mol. The van der Waals surface area contributed by atoms with E-state index in [4.69, 9.17) is 11.5 Å². The van der Waals surface area contributed by atoms with Gasteiger partial charge in [0.1, 0.15) is 0 Å². The van der Waals surface area contributed by atoms with Crippen LogP contribution in [0.2, 0.25) is 0 Å². The molecule has 0 rings (SSSR count). The van der Waals surface area contributed by atoms with E-state index in [0.717, 1.165) is 13.0 Å². The molecule has 4 N–H and O–H groups in total. The van der Waals surface area contributed by atoms with Crippen LogP contribution in [0, 0.1) is 0 Å². The van der Waals surface area contributed by atoms with Gasteiger partial charge in [0.15, 0.2) is 5.96 Å². The van der Waals surface area contributed by atoms with Gasteiger partial charge in [0.2, 0.25) is 0 Å². The Morgan fingerprint density at radius 2 is 1.88 bits per heavy atom. The highest BCUT2D eigenvalue weighted by molar-refractivity contribution is 5.75. The molecule has 0 bridgehead atoms. The number of nitrogens with two attached hydrogens (primary N) is 2. The smallest absolute Gasteiger partial charge is 0.185 e. The van der Waals surface area contributed by atoms with E-state index in [0.29, 0.717) is 12.1 Å². The van der Waals surface area contributed by atoms with Crippen LogP contribution in [0.3, 0.4) is 0 Å². The van der Waals surface area contributed by atoms with Crippen LogP contribution < -0.4 is 11.5 Å². The van der Waals surface area contributed by atoms with E-state index in [1.54, 1.807) is 0 Å². The lowest BCUT2D eigenvalue weighted by molar-refractivity contribution is 0.173. The minimum Gasteiger partial charge on any atom is -0.370 e. The van der Waals surface area contributed by atoms with E-state index >= 15 is 0 Å². The van der Waals surface area contributed by atoms with Crippen molar-refractivity contribution in [3.8, 4) is 0 Å². The molecular weight excluding hydrogens is 200 g/mol. The molecule has 0 radical (unpaired) electrons. The number of guanidine groups is 1.